The molecule has 3 rings (SSSR count). The second-order valence-electron chi connectivity index (χ2n) is 6.97. The summed E-state index contributed by atoms with van der Waals surface area (Å²) in [5.74, 6) is 0.905. The van der Waals surface area contributed by atoms with Crippen molar-refractivity contribution < 1.29 is 9.18 Å². The van der Waals surface area contributed by atoms with Gasteiger partial charge in [0, 0.05) is 32.7 Å². The Labute approximate surface area is 132 Å². The summed E-state index contributed by atoms with van der Waals surface area (Å²) in [6.45, 7) is 8.77. The SMILES string of the molecule is CC(C)C1CN(Cc2cccc(F)c2C(=O)N2CCCC2)C1. The lowest BCUT2D eigenvalue weighted by Gasteiger charge is -2.42. The summed E-state index contributed by atoms with van der Waals surface area (Å²) < 4.78 is 14.3. The largest absolute Gasteiger partial charge is 0.339 e. The summed E-state index contributed by atoms with van der Waals surface area (Å²) in [5, 5.41) is 0. The van der Waals surface area contributed by atoms with Gasteiger partial charge in [0.1, 0.15) is 5.82 Å². The molecule has 2 saturated heterocycles. The van der Waals surface area contributed by atoms with Gasteiger partial charge in [-0.2, -0.15) is 0 Å². The fraction of sp³-hybridized carbons (Fsp3) is 0.611. The van der Waals surface area contributed by atoms with Gasteiger partial charge in [-0.25, -0.2) is 4.39 Å². The summed E-state index contributed by atoms with van der Waals surface area (Å²) in [5.41, 5.74) is 1.12. The number of hydrogen-bond donors (Lipinski definition) is 0. The van der Waals surface area contributed by atoms with E-state index in [1.165, 1.54) is 6.07 Å². The molecular formula is C18H25FN2O. The Hall–Kier alpha value is -1.42. The molecule has 2 fully saturated rings. The molecule has 4 heteroatoms. The zero-order valence-corrected chi connectivity index (χ0v) is 13.5. The number of hydrogen-bond acceptors (Lipinski definition) is 2. The first-order valence-corrected chi connectivity index (χ1v) is 8.35. The predicted molar refractivity (Wildman–Crippen MR) is 85.1 cm³/mol. The summed E-state index contributed by atoms with van der Waals surface area (Å²) >= 11 is 0. The van der Waals surface area contributed by atoms with Crippen molar-refractivity contribution in [2.75, 3.05) is 26.2 Å². The van der Waals surface area contributed by atoms with Gasteiger partial charge in [-0.15, -0.1) is 0 Å². The van der Waals surface area contributed by atoms with Gasteiger partial charge in [-0.05, 0) is 36.3 Å². The number of likely N-dealkylation sites (tertiary alicyclic amines) is 2. The summed E-state index contributed by atoms with van der Waals surface area (Å²) in [6.07, 6.45) is 2.05. The van der Waals surface area contributed by atoms with E-state index in [2.05, 4.69) is 18.7 Å². The first kappa shape index (κ1) is 15.5. The van der Waals surface area contributed by atoms with E-state index in [0.29, 0.717) is 12.5 Å². The molecule has 2 heterocycles. The third-order valence-electron chi connectivity index (χ3n) is 5.03. The van der Waals surface area contributed by atoms with E-state index in [9.17, 15) is 9.18 Å². The first-order valence-electron chi connectivity index (χ1n) is 8.35. The minimum absolute atomic E-state index is 0.133. The standard InChI is InChI=1S/C18H25FN2O/c1-13(2)15-11-20(12-15)10-14-6-5-7-16(19)17(14)18(22)21-8-3-4-9-21/h5-7,13,15H,3-4,8-12H2,1-2H3. The second kappa shape index (κ2) is 6.37. The molecule has 1 aromatic carbocycles. The quantitative estimate of drug-likeness (QED) is 0.853. The average molecular weight is 304 g/mol. The van der Waals surface area contributed by atoms with Crippen LogP contribution in [0, 0.1) is 17.7 Å². The van der Waals surface area contributed by atoms with Crippen molar-refractivity contribution in [3.05, 3.63) is 35.1 Å². The Morgan fingerprint density at radius 1 is 1.27 bits per heavy atom. The average Bonchev–Trinajstić information content (AvgIpc) is 2.95. The minimum atomic E-state index is -0.379. The lowest BCUT2D eigenvalue weighted by molar-refractivity contribution is 0.0602. The smallest absolute Gasteiger partial charge is 0.257 e. The number of carbonyl (C=O) groups is 1. The lowest BCUT2D eigenvalue weighted by Crippen LogP contribution is -2.48. The van der Waals surface area contributed by atoms with Crippen LogP contribution in [0.4, 0.5) is 4.39 Å². The molecule has 2 aliphatic heterocycles. The molecule has 0 atom stereocenters. The summed E-state index contributed by atoms with van der Waals surface area (Å²) in [6, 6.07) is 5.01. The van der Waals surface area contributed by atoms with E-state index in [1.807, 2.05) is 6.07 Å². The van der Waals surface area contributed by atoms with Crippen molar-refractivity contribution in [2.45, 2.75) is 33.2 Å². The molecule has 22 heavy (non-hydrogen) atoms. The van der Waals surface area contributed by atoms with Crippen LogP contribution in [0.5, 0.6) is 0 Å². The van der Waals surface area contributed by atoms with Gasteiger partial charge >= 0.3 is 0 Å². The third-order valence-corrected chi connectivity index (χ3v) is 5.03. The van der Waals surface area contributed by atoms with E-state index in [-0.39, 0.29) is 17.3 Å². The molecule has 3 nitrogen and oxygen atoms in total. The molecule has 0 aromatic heterocycles. The highest BCUT2D eigenvalue weighted by molar-refractivity contribution is 5.96. The second-order valence-corrected chi connectivity index (χ2v) is 6.97. The highest BCUT2D eigenvalue weighted by atomic mass is 19.1. The Bertz CT molecular complexity index is 546. The molecule has 1 aromatic rings. The van der Waals surface area contributed by atoms with Crippen LogP contribution in [0.15, 0.2) is 18.2 Å². The predicted octanol–water partition coefficient (Wildman–Crippen LogP) is 3.15. The van der Waals surface area contributed by atoms with Crippen LogP contribution in [-0.2, 0) is 6.54 Å². The molecule has 0 saturated carbocycles. The van der Waals surface area contributed by atoms with Crippen LogP contribution >= 0.6 is 0 Å². The molecule has 0 bridgehead atoms. The molecule has 0 unspecified atom stereocenters. The van der Waals surface area contributed by atoms with E-state index in [1.54, 1.807) is 11.0 Å². The molecule has 0 spiro atoms. The van der Waals surface area contributed by atoms with Crippen molar-refractivity contribution in [3.63, 3.8) is 0 Å². The van der Waals surface area contributed by atoms with Crippen LogP contribution in [0.1, 0.15) is 42.6 Å². The summed E-state index contributed by atoms with van der Waals surface area (Å²) in [7, 11) is 0. The molecule has 0 aliphatic carbocycles. The molecule has 120 valence electrons. The van der Waals surface area contributed by atoms with Crippen LogP contribution in [-0.4, -0.2) is 41.9 Å². The Kier molecular flexibility index (Phi) is 4.48. The van der Waals surface area contributed by atoms with Crippen LogP contribution < -0.4 is 0 Å². The van der Waals surface area contributed by atoms with Crippen LogP contribution in [0.2, 0.25) is 0 Å². The number of benzene rings is 1. The topological polar surface area (TPSA) is 23.6 Å². The van der Waals surface area contributed by atoms with Crippen molar-refractivity contribution >= 4 is 5.91 Å². The molecule has 2 aliphatic rings. The van der Waals surface area contributed by atoms with Gasteiger partial charge in [0.25, 0.3) is 5.91 Å². The monoisotopic (exact) mass is 304 g/mol. The fourth-order valence-corrected chi connectivity index (χ4v) is 3.42. The number of halogens is 1. The Morgan fingerprint density at radius 2 is 1.95 bits per heavy atom. The van der Waals surface area contributed by atoms with Gasteiger partial charge < -0.3 is 4.90 Å². The van der Waals surface area contributed by atoms with E-state index >= 15 is 0 Å². The van der Waals surface area contributed by atoms with Crippen molar-refractivity contribution in [1.82, 2.24) is 9.80 Å². The van der Waals surface area contributed by atoms with Crippen LogP contribution in [0.3, 0.4) is 0 Å². The number of nitrogens with zero attached hydrogens (tertiary/aromatic N) is 2. The van der Waals surface area contributed by atoms with Crippen molar-refractivity contribution in [1.29, 1.82) is 0 Å². The van der Waals surface area contributed by atoms with E-state index < -0.39 is 0 Å². The summed E-state index contributed by atoms with van der Waals surface area (Å²) in [4.78, 5) is 16.7. The lowest BCUT2D eigenvalue weighted by atomic mass is 9.88. The van der Waals surface area contributed by atoms with E-state index in [4.69, 9.17) is 0 Å². The van der Waals surface area contributed by atoms with Gasteiger partial charge in [-0.1, -0.05) is 26.0 Å². The Balaban J connectivity index is 1.74. The minimum Gasteiger partial charge on any atom is -0.339 e. The highest BCUT2D eigenvalue weighted by Gasteiger charge is 2.31. The maximum atomic E-state index is 14.3. The molecular weight excluding hydrogens is 279 g/mol. The highest BCUT2D eigenvalue weighted by Crippen LogP contribution is 2.27. The molecule has 0 radical (unpaired) electrons. The number of carbonyl (C=O) groups excluding carboxylic acids is 1. The van der Waals surface area contributed by atoms with Gasteiger partial charge in [0.15, 0.2) is 0 Å². The molecule has 1 amide bonds. The zero-order chi connectivity index (χ0) is 15.7. The van der Waals surface area contributed by atoms with E-state index in [0.717, 1.165) is 50.5 Å². The third kappa shape index (κ3) is 3.02. The maximum Gasteiger partial charge on any atom is 0.257 e. The maximum absolute atomic E-state index is 14.3. The van der Waals surface area contributed by atoms with Gasteiger partial charge in [0.05, 0.1) is 5.56 Å². The first-order chi connectivity index (χ1) is 10.6. The van der Waals surface area contributed by atoms with Gasteiger partial charge in [0.2, 0.25) is 0 Å². The number of amides is 1. The van der Waals surface area contributed by atoms with Crippen molar-refractivity contribution in [3.8, 4) is 0 Å². The van der Waals surface area contributed by atoms with Gasteiger partial charge in [-0.3, -0.25) is 9.69 Å². The normalized spacial score (nSPS) is 19.7. The Morgan fingerprint density at radius 3 is 2.59 bits per heavy atom. The fourth-order valence-electron chi connectivity index (χ4n) is 3.42. The number of rotatable bonds is 4. The van der Waals surface area contributed by atoms with Crippen LogP contribution in [0.25, 0.3) is 0 Å². The van der Waals surface area contributed by atoms with Crippen molar-refractivity contribution in [2.24, 2.45) is 11.8 Å². The zero-order valence-electron chi connectivity index (χ0n) is 13.5. The molecule has 0 N–H and O–H groups in total.